The van der Waals surface area contributed by atoms with Crippen LogP contribution in [0.1, 0.15) is 36.8 Å². The SMILES string of the molecule is COC(=O)CCCC/C=C\[C@H](CSCc1ccccc1)N(Cc1ccccc1)C(=O)Cl. The third-order valence-electron chi connectivity index (χ3n) is 4.81. The Bertz CT molecular complexity index is 814. The van der Waals surface area contributed by atoms with Gasteiger partial charge in [-0.2, -0.15) is 11.8 Å². The first kappa shape index (κ1) is 25.0. The van der Waals surface area contributed by atoms with Gasteiger partial charge in [0.05, 0.1) is 13.2 Å². The van der Waals surface area contributed by atoms with Crippen LogP contribution in [0.15, 0.2) is 72.8 Å². The van der Waals surface area contributed by atoms with E-state index in [0.29, 0.717) is 13.0 Å². The molecule has 1 atom stereocenters. The van der Waals surface area contributed by atoms with Crippen LogP contribution >= 0.6 is 23.4 Å². The van der Waals surface area contributed by atoms with Crippen molar-refractivity contribution >= 4 is 34.7 Å². The zero-order valence-corrected chi connectivity index (χ0v) is 19.5. The first-order chi connectivity index (χ1) is 15.1. The number of methoxy groups -OCH3 is 1. The Hall–Kier alpha value is -2.24. The lowest BCUT2D eigenvalue weighted by molar-refractivity contribution is -0.140. The minimum Gasteiger partial charge on any atom is -0.469 e. The number of allylic oxidation sites excluding steroid dienone is 1. The molecule has 0 unspecified atom stereocenters. The molecule has 2 aromatic rings. The number of rotatable bonds is 13. The summed E-state index contributed by atoms with van der Waals surface area (Å²) in [5.74, 6) is 1.44. The number of ether oxygens (including phenoxy) is 1. The molecule has 2 rings (SSSR count). The van der Waals surface area contributed by atoms with Crippen molar-refractivity contribution in [3.63, 3.8) is 0 Å². The molecular weight excluding hydrogens is 430 g/mol. The Labute approximate surface area is 194 Å². The van der Waals surface area contributed by atoms with Gasteiger partial charge >= 0.3 is 11.3 Å². The Morgan fingerprint density at radius 2 is 1.68 bits per heavy atom. The van der Waals surface area contributed by atoms with Crippen LogP contribution in [0.4, 0.5) is 4.79 Å². The minimum absolute atomic E-state index is 0.112. The van der Waals surface area contributed by atoms with Gasteiger partial charge in [-0.15, -0.1) is 0 Å². The number of nitrogens with zero attached hydrogens (tertiary/aromatic N) is 1. The van der Waals surface area contributed by atoms with Gasteiger partial charge in [-0.05, 0) is 42.0 Å². The van der Waals surface area contributed by atoms with E-state index in [1.54, 1.807) is 16.7 Å². The third-order valence-corrected chi connectivity index (χ3v) is 6.14. The lowest BCUT2D eigenvalue weighted by Crippen LogP contribution is -2.37. The monoisotopic (exact) mass is 459 g/mol. The molecule has 0 N–H and O–H groups in total. The topological polar surface area (TPSA) is 46.6 Å². The van der Waals surface area contributed by atoms with E-state index in [1.807, 2.05) is 48.5 Å². The van der Waals surface area contributed by atoms with E-state index in [-0.39, 0.29) is 12.0 Å². The van der Waals surface area contributed by atoms with Crippen molar-refractivity contribution in [3.05, 3.63) is 83.9 Å². The molecule has 0 fully saturated rings. The Morgan fingerprint density at radius 3 is 2.29 bits per heavy atom. The molecule has 166 valence electrons. The van der Waals surface area contributed by atoms with Crippen molar-refractivity contribution in [2.75, 3.05) is 12.9 Å². The van der Waals surface area contributed by atoms with E-state index >= 15 is 0 Å². The molecule has 0 spiro atoms. The van der Waals surface area contributed by atoms with Gasteiger partial charge < -0.3 is 9.64 Å². The van der Waals surface area contributed by atoms with Crippen molar-refractivity contribution < 1.29 is 14.3 Å². The summed E-state index contributed by atoms with van der Waals surface area (Å²) >= 11 is 7.77. The number of amides is 1. The predicted octanol–water partition coefficient (Wildman–Crippen LogP) is 6.44. The molecule has 0 radical (unpaired) electrons. The maximum Gasteiger partial charge on any atom is 0.317 e. The maximum absolute atomic E-state index is 12.3. The van der Waals surface area contributed by atoms with Crippen LogP contribution in [0.5, 0.6) is 0 Å². The van der Waals surface area contributed by atoms with Crippen molar-refractivity contribution in [3.8, 4) is 0 Å². The summed E-state index contributed by atoms with van der Waals surface area (Å²) in [6, 6.07) is 20.0. The largest absolute Gasteiger partial charge is 0.469 e. The fourth-order valence-corrected chi connectivity index (χ4v) is 4.36. The number of hydrogen-bond acceptors (Lipinski definition) is 4. The lowest BCUT2D eigenvalue weighted by Gasteiger charge is -2.28. The summed E-state index contributed by atoms with van der Waals surface area (Å²) in [6.45, 7) is 0.465. The van der Waals surface area contributed by atoms with Crippen molar-refractivity contribution in [1.82, 2.24) is 4.90 Å². The number of benzene rings is 2. The molecule has 0 saturated carbocycles. The zero-order chi connectivity index (χ0) is 22.3. The highest BCUT2D eigenvalue weighted by Gasteiger charge is 2.20. The second-order valence-corrected chi connectivity index (χ2v) is 8.54. The van der Waals surface area contributed by atoms with E-state index in [2.05, 4.69) is 29.0 Å². The van der Waals surface area contributed by atoms with Crippen LogP contribution in [0, 0.1) is 0 Å². The van der Waals surface area contributed by atoms with Crippen LogP contribution in [0.3, 0.4) is 0 Å². The van der Waals surface area contributed by atoms with Gasteiger partial charge in [0.25, 0.3) is 0 Å². The molecule has 0 saturated heterocycles. The van der Waals surface area contributed by atoms with E-state index < -0.39 is 5.37 Å². The minimum atomic E-state index is -0.454. The molecule has 1 amide bonds. The summed E-state index contributed by atoms with van der Waals surface area (Å²) < 4.78 is 4.67. The number of esters is 1. The number of thioether (sulfide) groups is 1. The molecule has 4 nitrogen and oxygen atoms in total. The Kier molecular flexibility index (Phi) is 11.9. The Balaban J connectivity index is 1.99. The smallest absolute Gasteiger partial charge is 0.317 e. The first-order valence-electron chi connectivity index (χ1n) is 10.5. The second-order valence-electron chi connectivity index (χ2n) is 7.18. The summed E-state index contributed by atoms with van der Waals surface area (Å²) in [4.78, 5) is 25.2. The van der Waals surface area contributed by atoms with E-state index in [0.717, 1.165) is 36.3 Å². The highest BCUT2D eigenvalue weighted by molar-refractivity contribution is 7.98. The normalized spacial score (nSPS) is 11.9. The van der Waals surface area contributed by atoms with Crippen molar-refractivity contribution in [2.45, 2.75) is 44.0 Å². The second kappa shape index (κ2) is 14.7. The van der Waals surface area contributed by atoms with Gasteiger partial charge in [-0.3, -0.25) is 9.59 Å². The highest BCUT2D eigenvalue weighted by atomic mass is 35.5. The van der Waals surface area contributed by atoms with Gasteiger partial charge in [0, 0.05) is 24.5 Å². The molecule has 0 aliphatic rings. The van der Waals surface area contributed by atoms with E-state index in [1.165, 1.54) is 12.7 Å². The standard InChI is InChI=1S/C25H30ClNO3S/c1-30-24(28)17-11-3-2-10-16-23(20-31-19-22-14-8-5-9-15-22)27(25(26)29)18-21-12-6-4-7-13-21/h4-10,12-16,23H,2-3,11,17-20H2,1H3/b16-10-/t23-/m1/s1. The number of halogens is 1. The van der Waals surface area contributed by atoms with Crippen LogP contribution in [0.2, 0.25) is 0 Å². The summed E-state index contributed by atoms with van der Waals surface area (Å²) in [5, 5.41) is -0.454. The fraction of sp³-hybridized carbons (Fsp3) is 0.360. The van der Waals surface area contributed by atoms with Crippen LogP contribution in [0.25, 0.3) is 0 Å². The Morgan fingerprint density at radius 1 is 1.03 bits per heavy atom. The molecule has 0 aliphatic heterocycles. The average molecular weight is 460 g/mol. The number of carbonyl (C=O) groups excluding carboxylic acids is 2. The summed E-state index contributed by atoms with van der Waals surface area (Å²) in [7, 11) is 1.41. The summed E-state index contributed by atoms with van der Waals surface area (Å²) in [6.07, 6.45) is 7.10. The van der Waals surface area contributed by atoms with Crippen LogP contribution in [-0.4, -0.2) is 35.1 Å². The van der Waals surface area contributed by atoms with Crippen molar-refractivity contribution in [2.24, 2.45) is 0 Å². The molecule has 0 aliphatic carbocycles. The molecule has 0 heterocycles. The van der Waals surface area contributed by atoms with Crippen molar-refractivity contribution in [1.29, 1.82) is 0 Å². The molecule has 0 bridgehead atoms. The zero-order valence-electron chi connectivity index (χ0n) is 17.9. The number of hydrogen-bond donors (Lipinski definition) is 0. The van der Waals surface area contributed by atoms with Gasteiger partial charge in [-0.25, -0.2) is 0 Å². The maximum atomic E-state index is 12.3. The molecular formula is C25H30ClNO3S. The van der Waals surface area contributed by atoms with Crippen LogP contribution < -0.4 is 0 Å². The van der Waals surface area contributed by atoms with Gasteiger partial charge in [-0.1, -0.05) is 72.8 Å². The fourth-order valence-electron chi connectivity index (χ4n) is 3.10. The van der Waals surface area contributed by atoms with Gasteiger partial charge in [0.1, 0.15) is 0 Å². The number of carbonyl (C=O) groups is 2. The predicted molar refractivity (Wildman–Crippen MR) is 129 cm³/mol. The van der Waals surface area contributed by atoms with Gasteiger partial charge in [0.2, 0.25) is 0 Å². The van der Waals surface area contributed by atoms with E-state index in [4.69, 9.17) is 11.6 Å². The van der Waals surface area contributed by atoms with E-state index in [9.17, 15) is 9.59 Å². The first-order valence-corrected chi connectivity index (χ1v) is 12.0. The third kappa shape index (κ3) is 10.1. The van der Waals surface area contributed by atoms with Gasteiger partial charge in [0.15, 0.2) is 0 Å². The average Bonchev–Trinajstić information content (AvgIpc) is 2.79. The van der Waals surface area contributed by atoms with Crippen LogP contribution in [-0.2, 0) is 21.8 Å². The quantitative estimate of drug-likeness (QED) is 0.114. The number of unbranched alkanes of at least 4 members (excludes halogenated alkanes) is 2. The highest BCUT2D eigenvalue weighted by Crippen LogP contribution is 2.20. The molecule has 0 aromatic heterocycles. The molecule has 6 heteroatoms. The molecule has 31 heavy (non-hydrogen) atoms. The lowest BCUT2D eigenvalue weighted by atomic mass is 10.1. The summed E-state index contributed by atoms with van der Waals surface area (Å²) in [5.41, 5.74) is 2.30. The molecule has 2 aromatic carbocycles.